The number of hydrogen-bond acceptors (Lipinski definition) is 5. The third-order valence-electron chi connectivity index (χ3n) is 4.90. The highest BCUT2D eigenvalue weighted by molar-refractivity contribution is 7.13. The third kappa shape index (κ3) is 5.55. The molecule has 2 aromatic heterocycles. The second kappa shape index (κ2) is 9.93. The highest BCUT2D eigenvalue weighted by Gasteiger charge is 2.31. The first-order valence-corrected chi connectivity index (χ1v) is 11.5. The molecule has 0 fully saturated rings. The number of nitrogens with zero attached hydrogens (tertiary/aromatic N) is 2. The van der Waals surface area contributed by atoms with Gasteiger partial charge >= 0.3 is 12.1 Å². The minimum Gasteiger partial charge on any atom is -0.448 e. The predicted molar refractivity (Wildman–Crippen MR) is 127 cm³/mol. The van der Waals surface area contributed by atoms with Crippen LogP contribution in [0.3, 0.4) is 0 Å². The van der Waals surface area contributed by atoms with Gasteiger partial charge in [-0.2, -0.15) is 18.3 Å². The lowest BCUT2D eigenvalue weighted by Gasteiger charge is -2.16. The van der Waals surface area contributed by atoms with E-state index in [2.05, 4.69) is 10.4 Å². The zero-order valence-corrected chi connectivity index (χ0v) is 19.6. The van der Waals surface area contributed by atoms with Crippen molar-refractivity contribution in [2.75, 3.05) is 5.32 Å². The van der Waals surface area contributed by atoms with Crippen molar-refractivity contribution in [1.29, 1.82) is 0 Å². The molecule has 0 aliphatic rings. The quantitative estimate of drug-likeness (QED) is 0.297. The molecule has 1 amide bonds. The number of benzene rings is 2. The lowest BCUT2D eigenvalue weighted by atomic mass is 10.2. The van der Waals surface area contributed by atoms with Gasteiger partial charge in [-0.1, -0.05) is 35.9 Å². The lowest BCUT2D eigenvalue weighted by Crippen LogP contribution is -2.30. The Morgan fingerprint density at radius 3 is 2.49 bits per heavy atom. The monoisotopic (exact) mass is 519 g/mol. The summed E-state index contributed by atoms with van der Waals surface area (Å²) >= 11 is 7.38. The smallest absolute Gasteiger partial charge is 0.416 e. The average Bonchev–Trinajstić information content (AvgIpc) is 3.50. The summed E-state index contributed by atoms with van der Waals surface area (Å²) < 4.78 is 45.7. The van der Waals surface area contributed by atoms with E-state index >= 15 is 0 Å². The number of carbonyl (C=O) groups is 2. The molecule has 11 heteroatoms. The maximum absolute atomic E-state index is 13.0. The van der Waals surface area contributed by atoms with Crippen LogP contribution < -0.4 is 5.32 Å². The number of alkyl halides is 3. The van der Waals surface area contributed by atoms with Crippen molar-refractivity contribution in [1.82, 2.24) is 9.78 Å². The van der Waals surface area contributed by atoms with Gasteiger partial charge < -0.3 is 10.1 Å². The molecule has 180 valence electrons. The number of carbonyl (C=O) groups excluding carboxylic acids is 2. The van der Waals surface area contributed by atoms with Crippen molar-refractivity contribution in [2.45, 2.75) is 19.2 Å². The van der Waals surface area contributed by atoms with Crippen LogP contribution in [-0.2, 0) is 15.7 Å². The van der Waals surface area contributed by atoms with Gasteiger partial charge in [-0.15, -0.1) is 11.3 Å². The minimum atomic E-state index is -4.61. The van der Waals surface area contributed by atoms with Gasteiger partial charge in [-0.05, 0) is 48.7 Å². The summed E-state index contributed by atoms with van der Waals surface area (Å²) in [7, 11) is 0. The van der Waals surface area contributed by atoms with Crippen LogP contribution in [0.4, 0.5) is 18.9 Å². The van der Waals surface area contributed by atoms with Gasteiger partial charge in [0.05, 0.1) is 26.8 Å². The molecule has 0 spiro atoms. The summed E-state index contributed by atoms with van der Waals surface area (Å²) in [4.78, 5) is 26.4. The number of esters is 1. The van der Waals surface area contributed by atoms with E-state index < -0.39 is 29.7 Å². The van der Waals surface area contributed by atoms with Gasteiger partial charge in [-0.25, -0.2) is 9.48 Å². The van der Waals surface area contributed by atoms with E-state index in [0.29, 0.717) is 17.4 Å². The van der Waals surface area contributed by atoms with Crippen LogP contribution in [0, 0.1) is 0 Å². The van der Waals surface area contributed by atoms with E-state index in [-0.39, 0.29) is 16.4 Å². The van der Waals surface area contributed by atoms with Gasteiger partial charge in [-0.3, -0.25) is 4.79 Å². The van der Waals surface area contributed by atoms with Crippen LogP contribution in [0.2, 0.25) is 5.02 Å². The van der Waals surface area contributed by atoms with E-state index in [1.54, 1.807) is 30.3 Å². The number of hydrogen-bond donors (Lipinski definition) is 1. The highest BCUT2D eigenvalue weighted by atomic mass is 35.5. The number of ether oxygens (including phenoxy) is 1. The summed E-state index contributed by atoms with van der Waals surface area (Å²) in [5.41, 5.74) is 0.00790. The summed E-state index contributed by atoms with van der Waals surface area (Å²) in [6.45, 7) is 1.30. The molecule has 0 unspecified atom stereocenters. The molecule has 4 rings (SSSR count). The Kier molecular flexibility index (Phi) is 6.95. The first-order chi connectivity index (χ1) is 16.6. The first kappa shape index (κ1) is 24.5. The van der Waals surface area contributed by atoms with E-state index in [1.165, 1.54) is 22.9 Å². The number of rotatable bonds is 6. The van der Waals surface area contributed by atoms with Gasteiger partial charge in [0.2, 0.25) is 0 Å². The molecule has 1 N–H and O–H groups in total. The second-order valence-corrected chi connectivity index (χ2v) is 8.72. The zero-order chi connectivity index (χ0) is 25.2. The Balaban J connectivity index is 1.55. The molecule has 4 aromatic rings. The Morgan fingerprint density at radius 1 is 1.09 bits per heavy atom. The SMILES string of the molecule is C[C@H](OC(=O)c1cc(-c2cccs2)nn1-c1ccccc1)C(=O)Nc1cc(C(F)(F)F)ccc1Cl. The van der Waals surface area contributed by atoms with E-state index in [0.717, 1.165) is 17.0 Å². The fraction of sp³-hybridized carbons (Fsp3) is 0.125. The number of para-hydroxylation sites is 1. The summed E-state index contributed by atoms with van der Waals surface area (Å²) in [5, 5.41) is 8.58. The Bertz CT molecular complexity index is 1360. The largest absolute Gasteiger partial charge is 0.448 e. The Labute approximate surface area is 206 Å². The number of halogens is 4. The van der Waals surface area contributed by atoms with Gasteiger partial charge in [0, 0.05) is 6.07 Å². The van der Waals surface area contributed by atoms with Crippen LogP contribution in [0.25, 0.3) is 16.3 Å². The Morgan fingerprint density at radius 2 is 1.83 bits per heavy atom. The van der Waals surface area contributed by atoms with Crippen molar-refractivity contribution in [3.05, 3.63) is 88.4 Å². The van der Waals surface area contributed by atoms with Crippen LogP contribution in [0.1, 0.15) is 23.0 Å². The molecule has 0 aliphatic carbocycles. The van der Waals surface area contributed by atoms with Crippen LogP contribution in [0.15, 0.2) is 72.1 Å². The maximum atomic E-state index is 13.0. The van der Waals surface area contributed by atoms with Gasteiger partial charge in [0.15, 0.2) is 11.8 Å². The minimum absolute atomic E-state index is 0.0800. The van der Waals surface area contributed by atoms with Crippen molar-refractivity contribution >= 4 is 40.5 Å². The van der Waals surface area contributed by atoms with Gasteiger partial charge in [0.25, 0.3) is 5.91 Å². The van der Waals surface area contributed by atoms with Crippen molar-refractivity contribution in [3.8, 4) is 16.3 Å². The number of nitrogens with one attached hydrogen (secondary N) is 1. The molecule has 2 aromatic carbocycles. The Hall–Kier alpha value is -3.63. The topological polar surface area (TPSA) is 73.2 Å². The van der Waals surface area contributed by atoms with E-state index in [1.807, 2.05) is 23.6 Å². The standard InChI is InChI=1S/C24H17ClF3N3O3S/c1-14(22(32)29-18-12-15(24(26,27)28)9-10-17(18)25)34-23(33)20-13-19(21-8-5-11-35-21)30-31(20)16-6-3-2-4-7-16/h2-14H,1H3,(H,29,32)/t14-/m0/s1. The molecule has 0 saturated carbocycles. The fourth-order valence-corrected chi connectivity index (χ4v) is 3.99. The molecular weight excluding hydrogens is 503 g/mol. The molecule has 0 saturated heterocycles. The second-order valence-electron chi connectivity index (χ2n) is 7.37. The first-order valence-electron chi connectivity index (χ1n) is 10.2. The molecule has 35 heavy (non-hydrogen) atoms. The normalized spacial score (nSPS) is 12.3. The predicted octanol–water partition coefficient (Wildman–Crippen LogP) is 6.46. The molecule has 1 atom stereocenters. The average molecular weight is 520 g/mol. The number of thiophene rings is 1. The maximum Gasteiger partial charge on any atom is 0.416 e. The lowest BCUT2D eigenvalue weighted by molar-refractivity contribution is -0.137. The third-order valence-corrected chi connectivity index (χ3v) is 6.12. The summed E-state index contributed by atoms with van der Waals surface area (Å²) in [5.74, 6) is -1.68. The van der Waals surface area contributed by atoms with E-state index in [9.17, 15) is 22.8 Å². The molecule has 0 aliphatic heterocycles. The van der Waals surface area contributed by atoms with Crippen LogP contribution >= 0.6 is 22.9 Å². The number of anilines is 1. The van der Waals surface area contributed by atoms with Crippen LogP contribution in [0.5, 0.6) is 0 Å². The number of aromatic nitrogens is 2. The zero-order valence-electron chi connectivity index (χ0n) is 18.0. The molecular formula is C24H17ClF3N3O3S. The van der Waals surface area contributed by atoms with Crippen LogP contribution in [-0.4, -0.2) is 27.8 Å². The van der Waals surface area contributed by atoms with Crippen molar-refractivity contribution in [3.63, 3.8) is 0 Å². The highest BCUT2D eigenvalue weighted by Crippen LogP contribution is 2.34. The van der Waals surface area contributed by atoms with Crippen molar-refractivity contribution < 1.29 is 27.5 Å². The van der Waals surface area contributed by atoms with Crippen molar-refractivity contribution in [2.24, 2.45) is 0 Å². The molecule has 6 nitrogen and oxygen atoms in total. The molecule has 2 heterocycles. The summed E-state index contributed by atoms with van der Waals surface area (Å²) in [6.07, 6.45) is -5.95. The molecule has 0 radical (unpaired) electrons. The number of amides is 1. The molecule has 0 bridgehead atoms. The van der Waals surface area contributed by atoms with E-state index in [4.69, 9.17) is 16.3 Å². The fourth-order valence-electron chi connectivity index (χ4n) is 3.14. The van der Waals surface area contributed by atoms with Gasteiger partial charge in [0.1, 0.15) is 5.69 Å². The summed E-state index contributed by atoms with van der Waals surface area (Å²) in [6, 6.07) is 16.7.